The molecule has 12 heavy (non-hydrogen) atoms. The van der Waals surface area contributed by atoms with E-state index >= 15 is 0 Å². The predicted octanol–water partition coefficient (Wildman–Crippen LogP) is -3.34. The molecule has 1 atom stereocenters. The number of carbonyl (C=O) groups excluding carboxylic acids is 2. The summed E-state index contributed by atoms with van der Waals surface area (Å²) in [6.07, 6.45) is 1.28. The Morgan fingerprint density at radius 3 is 2.25 bits per heavy atom. The molecule has 0 aliphatic heterocycles. The van der Waals surface area contributed by atoms with Crippen LogP contribution in [0.5, 0.6) is 0 Å². The van der Waals surface area contributed by atoms with Crippen LogP contribution in [0.1, 0.15) is 25.7 Å². The van der Waals surface area contributed by atoms with E-state index in [0.29, 0.717) is 19.3 Å². The van der Waals surface area contributed by atoms with Gasteiger partial charge >= 0.3 is 0 Å². The van der Waals surface area contributed by atoms with Gasteiger partial charge in [-0.25, -0.2) is 0 Å². The number of aliphatic carboxylic acids is 2. The molecule has 0 saturated carbocycles. The average Bonchev–Trinajstić information content (AvgIpc) is 1.97. The molecule has 0 radical (unpaired) electrons. The smallest absolute Gasteiger partial charge is 0.124 e. The lowest BCUT2D eigenvalue weighted by molar-refractivity contribution is -0.438. The van der Waals surface area contributed by atoms with Crippen LogP contribution in [-0.2, 0) is 9.59 Å². The molecule has 0 aromatic rings. The standard InChI is InChI=1S/C7H13NO4/c8-5(7(11)12)3-1-2-4-6(9)10/h5H,1-4,8H2,(H,9,10)(H,11,12)/p-1/t5-/m1/s1. The van der Waals surface area contributed by atoms with Gasteiger partial charge in [0, 0.05) is 12.4 Å². The summed E-state index contributed by atoms with van der Waals surface area (Å²) >= 11 is 0. The zero-order valence-electron chi connectivity index (χ0n) is 6.75. The van der Waals surface area contributed by atoms with Crippen molar-refractivity contribution in [2.45, 2.75) is 31.7 Å². The van der Waals surface area contributed by atoms with Crippen LogP contribution in [0.3, 0.4) is 0 Å². The van der Waals surface area contributed by atoms with Gasteiger partial charge < -0.3 is 25.5 Å². The van der Waals surface area contributed by atoms with E-state index in [1.165, 1.54) is 0 Å². The molecular formula is C7H12NO4-. The number of hydrogen-bond acceptors (Lipinski definition) is 4. The van der Waals surface area contributed by atoms with E-state index in [2.05, 4.69) is 5.73 Å². The van der Waals surface area contributed by atoms with Crippen molar-refractivity contribution in [2.75, 3.05) is 0 Å². The van der Waals surface area contributed by atoms with E-state index < -0.39 is 18.0 Å². The second kappa shape index (κ2) is 5.54. The van der Waals surface area contributed by atoms with Gasteiger partial charge in [0.15, 0.2) is 0 Å². The third-order valence-corrected chi connectivity index (χ3v) is 1.52. The molecule has 0 unspecified atom stereocenters. The van der Waals surface area contributed by atoms with Crippen molar-refractivity contribution < 1.29 is 25.5 Å². The number of quaternary nitrogens is 1. The maximum Gasteiger partial charge on any atom is 0.124 e. The summed E-state index contributed by atoms with van der Waals surface area (Å²) in [4.78, 5) is 20.0. The molecule has 0 spiro atoms. The Kier molecular flexibility index (Phi) is 5.03. The molecule has 0 aliphatic rings. The topological polar surface area (TPSA) is 108 Å². The lowest BCUT2D eigenvalue weighted by Crippen LogP contribution is -2.68. The molecule has 0 aliphatic carbocycles. The number of unbranched alkanes of at least 4 members (excludes halogenated alkanes) is 1. The van der Waals surface area contributed by atoms with Crippen LogP contribution in [0.2, 0.25) is 0 Å². The molecule has 0 fully saturated rings. The van der Waals surface area contributed by atoms with Crippen molar-refractivity contribution in [1.82, 2.24) is 0 Å². The number of carboxylic acids is 2. The van der Waals surface area contributed by atoms with Crippen molar-refractivity contribution in [3.63, 3.8) is 0 Å². The number of carbonyl (C=O) groups is 2. The van der Waals surface area contributed by atoms with Gasteiger partial charge in [0.1, 0.15) is 6.04 Å². The summed E-state index contributed by atoms with van der Waals surface area (Å²) < 4.78 is 0. The summed E-state index contributed by atoms with van der Waals surface area (Å²) in [5.41, 5.74) is 3.33. The Morgan fingerprint density at radius 1 is 1.25 bits per heavy atom. The number of rotatable bonds is 6. The highest BCUT2D eigenvalue weighted by molar-refractivity contribution is 5.69. The Hall–Kier alpha value is -1.10. The van der Waals surface area contributed by atoms with Gasteiger partial charge in [0.2, 0.25) is 0 Å². The van der Waals surface area contributed by atoms with E-state index in [9.17, 15) is 19.8 Å². The maximum absolute atomic E-state index is 10.1. The molecule has 70 valence electrons. The zero-order valence-corrected chi connectivity index (χ0v) is 6.75. The van der Waals surface area contributed by atoms with E-state index in [1.807, 2.05) is 0 Å². The first-order valence-electron chi connectivity index (χ1n) is 3.78. The lowest BCUT2D eigenvalue weighted by Gasteiger charge is -2.08. The Morgan fingerprint density at radius 2 is 1.83 bits per heavy atom. The molecule has 0 rings (SSSR count). The lowest BCUT2D eigenvalue weighted by atomic mass is 10.1. The van der Waals surface area contributed by atoms with Gasteiger partial charge in [-0.2, -0.15) is 0 Å². The minimum Gasteiger partial charge on any atom is -0.550 e. The summed E-state index contributed by atoms with van der Waals surface area (Å²) in [5.74, 6) is -2.30. The van der Waals surface area contributed by atoms with E-state index in [-0.39, 0.29) is 6.42 Å². The van der Waals surface area contributed by atoms with Crippen molar-refractivity contribution >= 4 is 11.9 Å². The number of carboxylic acid groups (broad SMARTS) is 2. The van der Waals surface area contributed by atoms with Crippen LogP contribution in [0, 0.1) is 0 Å². The van der Waals surface area contributed by atoms with Crippen molar-refractivity contribution in [3.8, 4) is 0 Å². The molecule has 5 heteroatoms. The predicted molar refractivity (Wildman–Crippen MR) is 35.2 cm³/mol. The van der Waals surface area contributed by atoms with Gasteiger partial charge in [-0.3, -0.25) is 0 Å². The molecular weight excluding hydrogens is 162 g/mol. The minimum atomic E-state index is -1.19. The van der Waals surface area contributed by atoms with Crippen LogP contribution in [0.15, 0.2) is 0 Å². The molecule has 0 aromatic carbocycles. The van der Waals surface area contributed by atoms with Crippen molar-refractivity contribution in [3.05, 3.63) is 0 Å². The van der Waals surface area contributed by atoms with Gasteiger partial charge in [-0.1, -0.05) is 0 Å². The average molecular weight is 174 g/mol. The SMILES string of the molecule is [NH3+][C@H](CCCCC(=O)[O-])C(=O)[O-]. The third-order valence-electron chi connectivity index (χ3n) is 1.52. The quantitative estimate of drug-likeness (QED) is 0.424. The van der Waals surface area contributed by atoms with Gasteiger partial charge in [-0.05, 0) is 19.3 Å². The second-order valence-corrected chi connectivity index (χ2v) is 2.63. The van der Waals surface area contributed by atoms with Crippen LogP contribution in [0.25, 0.3) is 0 Å². The van der Waals surface area contributed by atoms with Crippen molar-refractivity contribution in [2.24, 2.45) is 0 Å². The van der Waals surface area contributed by atoms with Gasteiger partial charge in [0.05, 0.1) is 5.97 Å². The fourth-order valence-corrected chi connectivity index (χ4v) is 0.778. The normalized spacial score (nSPS) is 12.4. The Bertz CT molecular complexity index is 169. The molecule has 5 nitrogen and oxygen atoms in total. The molecule has 0 aromatic heterocycles. The molecule has 0 heterocycles. The third kappa shape index (κ3) is 5.67. The minimum absolute atomic E-state index is 0.0280. The molecule has 3 N–H and O–H groups in total. The Balaban J connectivity index is 3.31. The van der Waals surface area contributed by atoms with Crippen LogP contribution < -0.4 is 15.9 Å². The largest absolute Gasteiger partial charge is 0.550 e. The first kappa shape index (κ1) is 10.9. The molecule has 0 bridgehead atoms. The monoisotopic (exact) mass is 174 g/mol. The van der Waals surface area contributed by atoms with Crippen LogP contribution in [-0.4, -0.2) is 18.0 Å². The highest BCUT2D eigenvalue weighted by Gasteiger charge is 2.05. The first-order valence-corrected chi connectivity index (χ1v) is 3.78. The fraction of sp³-hybridized carbons (Fsp3) is 0.714. The van der Waals surface area contributed by atoms with Crippen molar-refractivity contribution in [1.29, 1.82) is 0 Å². The highest BCUT2D eigenvalue weighted by atomic mass is 16.4. The number of hydrogen-bond donors (Lipinski definition) is 1. The van der Waals surface area contributed by atoms with Crippen LogP contribution in [0.4, 0.5) is 0 Å². The fourth-order valence-electron chi connectivity index (χ4n) is 0.778. The summed E-state index contributed by atoms with van der Waals surface area (Å²) in [5, 5.41) is 20.0. The summed E-state index contributed by atoms with van der Waals surface area (Å²) in [6, 6.07) is -0.744. The second-order valence-electron chi connectivity index (χ2n) is 2.63. The summed E-state index contributed by atoms with van der Waals surface area (Å²) in [7, 11) is 0. The van der Waals surface area contributed by atoms with Gasteiger partial charge in [0.25, 0.3) is 0 Å². The van der Waals surface area contributed by atoms with Gasteiger partial charge in [-0.15, -0.1) is 0 Å². The Labute approximate surface area is 70.2 Å². The molecule has 0 saturated heterocycles. The van der Waals surface area contributed by atoms with E-state index in [1.54, 1.807) is 0 Å². The molecule has 0 amide bonds. The van der Waals surface area contributed by atoms with E-state index in [4.69, 9.17) is 0 Å². The summed E-state index contributed by atoms with van der Waals surface area (Å²) in [6.45, 7) is 0. The first-order chi connectivity index (χ1) is 5.54. The van der Waals surface area contributed by atoms with E-state index in [0.717, 1.165) is 0 Å². The highest BCUT2D eigenvalue weighted by Crippen LogP contribution is 1.99. The maximum atomic E-state index is 10.1. The van der Waals surface area contributed by atoms with Crippen LogP contribution >= 0.6 is 0 Å². The zero-order chi connectivity index (χ0) is 9.56.